The summed E-state index contributed by atoms with van der Waals surface area (Å²) in [5.41, 5.74) is 5.90. The second-order valence-electron chi connectivity index (χ2n) is 6.39. The molecule has 1 heterocycles. The van der Waals surface area contributed by atoms with Crippen molar-refractivity contribution in [2.24, 2.45) is 0 Å². The summed E-state index contributed by atoms with van der Waals surface area (Å²) >= 11 is 1.78. The molecular weight excluding hydrogens is 346 g/mol. The van der Waals surface area contributed by atoms with Crippen molar-refractivity contribution in [3.8, 4) is 0 Å². The van der Waals surface area contributed by atoms with Crippen LogP contribution in [0.15, 0.2) is 96.4 Å². The molecule has 0 bridgehead atoms. The summed E-state index contributed by atoms with van der Waals surface area (Å²) in [5, 5.41) is 2.20. The zero-order valence-corrected chi connectivity index (χ0v) is 16.1. The van der Waals surface area contributed by atoms with Gasteiger partial charge in [0.1, 0.15) is 0 Å². The number of rotatable bonds is 5. The highest BCUT2D eigenvalue weighted by Crippen LogP contribution is 2.36. The number of benzene rings is 3. The third kappa shape index (κ3) is 4.02. The van der Waals surface area contributed by atoms with E-state index in [2.05, 4.69) is 120 Å². The Morgan fingerprint density at radius 3 is 1.89 bits per heavy atom. The molecule has 0 aliphatic rings. The molecule has 0 amide bonds. The molecule has 0 saturated heterocycles. The van der Waals surface area contributed by atoms with Crippen LogP contribution in [0.4, 0.5) is 17.1 Å². The van der Waals surface area contributed by atoms with Crippen LogP contribution in [0.1, 0.15) is 16.0 Å². The first-order valence-corrected chi connectivity index (χ1v) is 9.92. The van der Waals surface area contributed by atoms with E-state index in [4.69, 9.17) is 0 Å². The van der Waals surface area contributed by atoms with Crippen molar-refractivity contribution in [1.82, 2.24) is 0 Å². The highest BCUT2D eigenvalue weighted by atomic mass is 32.1. The van der Waals surface area contributed by atoms with Gasteiger partial charge in [0.05, 0.1) is 5.69 Å². The van der Waals surface area contributed by atoms with E-state index >= 15 is 0 Å². The van der Waals surface area contributed by atoms with Crippen molar-refractivity contribution >= 4 is 40.6 Å². The van der Waals surface area contributed by atoms with Crippen LogP contribution in [0, 0.1) is 6.92 Å². The Morgan fingerprint density at radius 1 is 0.704 bits per heavy atom. The maximum absolute atomic E-state index is 2.30. The van der Waals surface area contributed by atoms with Gasteiger partial charge in [-0.15, -0.1) is 11.3 Å². The largest absolute Gasteiger partial charge is 0.310 e. The van der Waals surface area contributed by atoms with Gasteiger partial charge < -0.3 is 4.90 Å². The van der Waals surface area contributed by atoms with E-state index < -0.39 is 0 Å². The first-order chi connectivity index (χ1) is 13.3. The smallest absolute Gasteiger partial charge is 0.0533 e. The third-order valence-corrected chi connectivity index (χ3v) is 5.29. The van der Waals surface area contributed by atoms with Crippen molar-refractivity contribution in [1.29, 1.82) is 0 Å². The van der Waals surface area contributed by atoms with Gasteiger partial charge in [-0.05, 0) is 59.8 Å². The highest BCUT2D eigenvalue weighted by Gasteiger charge is 2.14. The highest BCUT2D eigenvalue weighted by molar-refractivity contribution is 7.10. The fraction of sp³-hybridized carbons (Fsp3) is 0.0400. The summed E-state index contributed by atoms with van der Waals surface area (Å²) in [6.07, 6.45) is 4.40. The number of aryl methyl sites for hydroxylation is 1. The van der Waals surface area contributed by atoms with Crippen molar-refractivity contribution in [3.63, 3.8) is 0 Å². The van der Waals surface area contributed by atoms with Crippen LogP contribution in [-0.4, -0.2) is 0 Å². The van der Waals surface area contributed by atoms with Crippen LogP contribution < -0.4 is 4.90 Å². The molecule has 132 valence electrons. The van der Waals surface area contributed by atoms with Gasteiger partial charge in [0.25, 0.3) is 0 Å². The summed E-state index contributed by atoms with van der Waals surface area (Å²) in [6.45, 7) is 2.14. The molecule has 1 aromatic heterocycles. The topological polar surface area (TPSA) is 3.24 Å². The molecular formula is C25H21NS. The average Bonchev–Trinajstić information content (AvgIpc) is 3.14. The van der Waals surface area contributed by atoms with Gasteiger partial charge in [-0.1, -0.05) is 66.7 Å². The second-order valence-corrected chi connectivity index (χ2v) is 7.50. The molecule has 0 fully saturated rings. The molecule has 0 aliphatic carbocycles. The normalized spacial score (nSPS) is 11.0. The van der Waals surface area contributed by atoms with Gasteiger partial charge in [-0.3, -0.25) is 0 Å². The SMILES string of the molecule is Cc1cc(C=Cc2ccccc2N(c2ccccc2)c2ccccc2)cs1. The standard InChI is InChI=1S/C25H21NS/c1-20-18-21(19-27-20)16-17-22-10-8-9-15-25(22)26(23-11-4-2-5-12-23)24-13-6-3-7-14-24/h2-19H,1H3. The Kier molecular flexibility index (Phi) is 5.17. The molecule has 0 radical (unpaired) electrons. The van der Waals surface area contributed by atoms with E-state index in [1.54, 1.807) is 11.3 Å². The number of hydrogen-bond acceptors (Lipinski definition) is 2. The van der Waals surface area contributed by atoms with Crippen LogP contribution in [0.3, 0.4) is 0 Å². The lowest BCUT2D eigenvalue weighted by Gasteiger charge is -2.27. The van der Waals surface area contributed by atoms with E-state index in [9.17, 15) is 0 Å². The molecule has 3 aromatic carbocycles. The van der Waals surface area contributed by atoms with Crippen LogP contribution in [0.5, 0.6) is 0 Å². The molecule has 0 saturated carbocycles. The number of hydrogen-bond donors (Lipinski definition) is 0. The Bertz CT molecular complexity index is 993. The maximum Gasteiger partial charge on any atom is 0.0533 e. The zero-order valence-electron chi connectivity index (χ0n) is 15.2. The lowest BCUT2D eigenvalue weighted by atomic mass is 10.1. The molecule has 1 nitrogen and oxygen atoms in total. The number of para-hydroxylation sites is 3. The van der Waals surface area contributed by atoms with E-state index in [1.165, 1.54) is 16.0 Å². The monoisotopic (exact) mass is 367 g/mol. The molecule has 0 N–H and O–H groups in total. The van der Waals surface area contributed by atoms with Crippen molar-refractivity contribution < 1.29 is 0 Å². The minimum atomic E-state index is 1.15. The van der Waals surface area contributed by atoms with Crippen molar-refractivity contribution in [2.75, 3.05) is 4.90 Å². The predicted molar refractivity (Wildman–Crippen MR) is 119 cm³/mol. The summed E-state index contributed by atoms with van der Waals surface area (Å²) < 4.78 is 0. The van der Waals surface area contributed by atoms with Gasteiger partial charge in [-0.2, -0.15) is 0 Å². The molecule has 0 spiro atoms. The molecule has 2 heteroatoms. The Labute approximate surface area is 164 Å². The molecule has 0 atom stereocenters. The molecule has 0 unspecified atom stereocenters. The first kappa shape index (κ1) is 17.3. The fourth-order valence-corrected chi connectivity index (χ4v) is 3.82. The maximum atomic E-state index is 2.30. The van der Waals surface area contributed by atoms with Crippen LogP contribution in [0.2, 0.25) is 0 Å². The van der Waals surface area contributed by atoms with Gasteiger partial charge in [0.15, 0.2) is 0 Å². The van der Waals surface area contributed by atoms with Gasteiger partial charge in [-0.25, -0.2) is 0 Å². The molecule has 4 aromatic rings. The van der Waals surface area contributed by atoms with E-state index in [0.717, 1.165) is 17.1 Å². The summed E-state index contributed by atoms with van der Waals surface area (Å²) in [7, 11) is 0. The summed E-state index contributed by atoms with van der Waals surface area (Å²) in [4.78, 5) is 3.64. The lowest BCUT2D eigenvalue weighted by Crippen LogP contribution is -2.10. The number of nitrogens with zero attached hydrogens (tertiary/aromatic N) is 1. The second kappa shape index (κ2) is 8.07. The molecule has 4 rings (SSSR count). The van der Waals surface area contributed by atoms with E-state index in [-0.39, 0.29) is 0 Å². The summed E-state index contributed by atoms with van der Waals surface area (Å²) in [6, 6.07) is 31.8. The average molecular weight is 368 g/mol. The van der Waals surface area contributed by atoms with Crippen LogP contribution in [-0.2, 0) is 0 Å². The number of thiophene rings is 1. The Morgan fingerprint density at radius 2 is 1.30 bits per heavy atom. The molecule has 0 aliphatic heterocycles. The van der Waals surface area contributed by atoms with Crippen molar-refractivity contribution in [2.45, 2.75) is 6.92 Å². The van der Waals surface area contributed by atoms with Gasteiger partial charge >= 0.3 is 0 Å². The third-order valence-electron chi connectivity index (χ3n) is 4.41. The quantitative estimate of drug-likeness (QED) is 0.349. The zero-order chi connectivity index (χ0) is 18.5. The van der Waals surface area contributed by atoms with Gasteiger partial charge in [0, 0.05) is 16.3 Å². The number of anilines is 3. The van der Waals surface area contributed by atoms with E-state index in [0.29, 0.717) is 0 Å². The minimum Gasteiger partial charge on any atom is -0.310 e. The minimum absolute atomic E-state index is 1.15. The fourth-order valence-electron chi connectivity index (χ4n) is 3.15. The van der Waals surface area contributed by atoms with Crippen LogP contribution in [0.25, 0.3) is 12.2 Å². The lowest BCUT2D eigenvalue weighted by molar-refractivity contribution is 1.28. The van der Waals surface area contributed by atoms with E-state index in [1.807, 2.05) is 0 Å². The molecule has 27 heavy (non-hydrogen) atoms. The van der Waals surface area contributed by atoms with Crippen molar-refractivity contribution in [3.05, 3.63) is 112 Å². The van der Waals surface area contributed by atoms with Crippen LogP contribution >= 0.6 is 11.3 Å². The Hall–Kier alpha value is -3.10. The first-order valence-electron chi connectivity index (χ1n) is 9.04. The van der Waals surface area contributed by atoms with Gasteiger partial charge in [0.2, 0.25) is 0 Å². The summed E-state index contributed by atoms with van der Waals surface area (Å²) in [5.74, 6) is 0. The Balaban J connectivity index is 1.80. The predicted octanol–water partition coefficient (Wildman–Crippen LogP) is 7.70.